The van der Waals surface area contributed by atoms with Gasteiger partial charge in [-0.05, 0) is 36.3 Å². The van der Waals surface area contributed by atoms with Crippen LogP contribution in [0.2, 0.25) is 0 Å². The van der Waals surface area contributed by atoms with Crippen molar-refractivity contribution in [3.05, 3.63) is 34.3 Å². The van der Waals surface area contributed by atoms with Crippen LogP contribution in [-0.4, -0.2) is 25.8 Å². The van der Waals surface area contributed by atoms with Crippen molar-refractivity contribution in [2.75, 3.05) is 19.8 Å². The third-order valence-electron chi connectivity index (χ3n) is 3.57. The molecular formula is C18H30BrNO. The molecule has 0 aliphatic carbocycles. The zero-order valence-electron chi connectivity index (χ0n) is 13.9. The predicted molar refractivity (Wildman–Crippen MR) is 94.9 cm³/mol. The van der Waals surface area contributed by atoms with E-state index in [-0.39, 0.29) is 0 Å². The Kier molecular flexibility index (Phi) is 9.21. The van der Waals surface area contributed by atoms with Gasteiger partial charge in [-0.2, -0.15) is 0 Å². The zero-order chi connectivity index (χ0) is 15.7. The molecule has 1 atom stereocenters. The number of benzene rings is 1. The Morgan fingerprint density at radius 2 is 1.71 bits per heavy atom. The van der Waals surface area contributed by atoms with Gasteiger partial charge >= 0.3 is 0 Å². The molecule has 1 aromatic rings. The molecule has 1 N–H and O–H groups in total. The van der Waals surface area contributed by atoms with Gasteiger partial charge in [-0.1, -0.05) is 61.8 Å². The summed E-state index contributed by atoms with van der Waals surface area (Å²) in [6.07, 6.45) is 2.20. The first-order valence-electron chi connectivity index (χ1n) is 8.06. The highest BCUT2D eigenvalue weighted by Gasteiger charge is 2.14. The minimum atomic E-state index is 0.488. The van der Waals surface area contributed by atoms with Crippen molar-refractivity contribution in [1.82, 2.24) is 5.32 Å². The van der Waals surface area contributed by atoms with Crippen LogP contribution < -0.4 is 5.32 Å². The molecule has 0 amide bonds. The minimum Gasteiger partial charge on any atom is -0.381 e. The molecule has 3 heteroatoms. The Morgan fingerprint density at radius 3 is 2.33 bits per heavy atom. The summed E-state index contributed by atoms with van der Waals surface area (Å²) in [6.45, 7) is 11.6. The average Bonchev–Trinajstić information content (AvgIpc) is 2.42. The van der Waals surface area contributed by atoms with Gasteiger partial charge < -0.3 is 10.1 Å². The van der Waals surface area contributed by atoms with Crippen LogP contribution in [-0.2, 0) is 4.74 Å². The van der Waals surface area contributed by atoms with E-state index in [2.05, 4.69) is 73.2 Å². The van der Waals surface area contributed by atoms with E-state index < -0.39 is 0 Å². The van der Waals surface area contributed by atoms with Crippen molar-refractivity contribution in [2.24, 2.45) is 5.92 Å². The molecule has 0 saturated carbocycles. The van der Waals surface area contributed by atoms with Gasteiger partial charge in [0.15, 0.2) is 0 Å². The summed E-state index contributed by atoms with van der Waals surface area (Å²) in [6, 6.07) is 9.03. The van der Waals surface area contributed by atoms with Gasteiger partial charge in [-0.15, -0.1) is 0 Å². The fraction of sp³-hybridized carbons (Fsp3) is 0.667. The maximum Gasteiger partial charge on any atom is 0.0472 e. The third kappa shape index (κ3) is 7.98. The summed E-state index contributed by atoms with van der Waals surface area (Å²) in [5, 5.41) is 3.55. The number of ether oxygens (including phenoxy) is 1. The molecule has 0 aliphatic heterocycles. The Balaban J connectivity index is 2.51. The fourth-order valence-electron chi connectivity index (χ4n) is 2.20. The highest BCUT2D eigenvalue weighted by Crippen LogP contribution is 2.27. The molecule has 0 aromatic heterocycles. The zero-order valence-corrected chi connectivity index (χ0v) is 15.4. The monoisotopic (exact) mass is 355 g/mol. The molecule has 0 saturated heterocycles. The number of rotatable bonds is 10. The van der Waals surface area contributed by atoms with Crippen LogP contribution in [0.5, 0.6) is 0 Å². The maximum atomic E-state index is 5.80. The Labute approximate surface area is 138 Å². The van der Waals surface area contributed by atoms with Gasteiger partial charge in [0.1, 0.15) is 0 Å². The summed E-state index contributed by atoms with van der Waals surface area (Å²) in [5.74, 6) is 1.20. The van der Waals surface area contributed by atoms with Gasteiger partial charge in [0.25, 0.3) is 0 Å². The van der Waals surface area contributed by atoms with Crippen molar-refractivity contribution >= 4 is 15.9 Å². The van der Waals surface area contributed by atoms with E-state index in [1.807, 2.05) is 0 Å². The average molecular weight is 356 g/mol. The van der Waals surface area contributed by atoms with Crippen LogP contribution in [0.15, 0.2) is 28.7 Å². The maximum absolute atomic E-state index is 5.80. The summed E-state index contributed by atoms with van der Waals surface area (Å²) in [5.41, 5.74) is 1.37. The fourth-order valence-corrected chi connectivity index (χ4v) is 2.81. The lowest BCUT2D eigenvalue weighted by atomic mass is 9.95. The molecule has 1 aromatic carbocycles. The molecule has 0 spiro atoms. The summed E-state index contributed by atoms with van der Waals surface area (Å²) >= 11 is 3.68. The van der Waals surface area contributed by atoms with Gasteiger partial charge in [0.05, 0.1) is 0 Å². The van der Waals surface area contributed by atoms with E-state index in [1.54, 1.807) is 0 Å². The molecule has 1 unspecified atom stereocenters. The lowest BCUT2D eigenvalue weighted by molar-refractivity contribution is 0.116. The van der Waals surface area contributed by atoms with Crippen molar-refractivity contribution in [3.63, 3.8) is 0 Å². The minimum absolute atomic E-state index is 0.488. The quantitative estimate of drug-likeness (QED) is 0.597. The van der Waals surface area contributed by atoms with E-state index in [9.17, 15) is 0 Å². The van der Waals surface area contributed by atoms with Crippen LogP contribution in [0.25, 0.3) is 0 Å². The lowest BCUT2D eigenvalue weighted by Crippen LogP contribution is -2.28. The standard InChI is InChI=1S/C18H30BrNO/c1-14(2)9-11-21-12-10-16(13-20-15(3)4)17-7-5-6-8-18(17)19/h5-8,14-16,20H,9-13H2,1-4H3. The topological polar surface area (TPSA) is 21.3 Å². The van der Waals surface area contributed by atoms with E-state index in [4.69, 9.17) is 4.74 Å². The number of hydrogen-bond acceptors (Lipinski definition) is 2. The number of hydrogen-bond donors (Lipinski definition) is 1. The lowest BCUT2D eigenvalue weighted by Gasteiger charge is -2.21. The summed E-state index contributed by atoms with van der Waals surface area (Å²) in [7, 11) is 0. The highest BCUT2D eigenvalue weighted by atomic mass is 79.9. The Morgan fingerprint density at radius 1 is 1.05 bits per heavy atom. The first kappa shape index (κ1) is 18.7. The molecule has 21 heavy (non-hydrogen) atoms. The molecule has 0 fully saturated rings. The molecule has 2 nitrogen and oxygen atoms in total. The van der Waals surface area contributed by atoms with Crippen LogP contribution in [0.1, 0.15) is 52.0 Å². The Hall–Kier alpha value is -0.380. The van der Waals surface area contributed by atoms with Gasteiger partial charge in [-0.25, -0.2) is 0 Å². The van der Waals surface area contributed by atoms with Crippen LogP contribution in [0.4, 0.5) is 0 Å². The van der Waals surface area contributed by atoms with E-state index in [0.717, 1.165) is 32.6 Å². The first-order chi connectivity index (χ1) is 10.0. The van der Waals surface area contributed by atoms with E-state index in [1.165, 1.54) is 10.0 Å². The second kappa shape index (κ2) is 10.4. The second-order valence-electron chi connectivity index (χ2n) is 6.36. The smallest absolute Gasteiger partial charge is 0.0472 e. The second-order valence-corrected chi connectivity index (χ2v) is 7.22. The highest BCUT2D eigenvalue weighted by molar-refractivity contribution is 9.10. The van der Waals surface area contributed by atoms with Crippen molar-refractivity contribution in [2.45, 2.75) is 52.5 Å². The van der Waals surface area contributed by atoms with Crippen LogP contribution in [0, 0.1) is 5.92 Å². The van der Waals surface area contributed by atoms with Gasteiger partial charge in [0, 0.05) is 30.3 Å². The van der Waals surface area contributed by atoms with Crippen molar-refractivity contribution in [3.8, 4) is 0 Å². The SMILES string of the molecule is CC(C)CCOCCC(CNC(C)C)c1ccccc1Br. The normalized spacial score (nSPS) is 13.1. The third-order valence-corrected chi connectivity index (χ3v) is 4.29. The summed E-state index contributed by atoms with van der Waals surface area (Å²) in [4.78, 5) is 0. The molecule has 1 rings (SSSR count). The van der Waals surface area contributed by atoms with E-state index in [0.29, 0.717) is 17.9 Å². The molecule has 120 valence electrons. The van der Waals surface area contributed by atoms with Crippen LogP contribution >= 0.6 is 15.9 Å². The molecule has 0 radical (unpaired) electrons. The van der Waals surface area contributed by atoms with Crippen molar-refractivity contribution < 1.29 is 4.74 Å². The van der Waals surface area contributed by atoms with Crippen LogP contribution in [0.3, 0.4) is 0 Å². The molecule has 0 bridgehead atoms. The predicted octanol–water partition coefficient (Wildman–Crippen LogP) is 4.98. The first-order valence-corrected chi connectivity index (χ1v) is 8.85. The number of nitrogens with one attached hydrogen (secondary N) is 1. The molecule has 0 aliphatic rings. The van der Waals surface area contributed by atoms with Gasteiger partial charge in [0.2, 0.25) is 0 Å². The number of halogens is 1. The van der Waals surface area contributed by atoms with E-state index >= 15 is 0 Å². The molecule has 0 heterocycles. The largest absolute Gasteiger partial charge is 0.381 e. The van der Waals surface area contributed by atoms with Gasteiger partial charge in [-0.3, -0.25) is 0 Å². The summed E-state index contributed by atoms with van der Waals surface area (Å²) < 4.78 is 7.00. The Bertz CT molecular complexity index is 393. The van der Waals surface area contributed by atoms with Crippen molar-refractivity contribution in [1.29, 1.82) is 0 Å². The molecular weight excluding hydrogens is 326 g/mol.